The minimum atomic E-state index is 0.00961. The van der Waals surface area contributed by atoms with Gasteiger partial charge < -0.3 is 14.1 Å². The van der Waals surface area contributed by atoms with E-state index in [9.17, 15) is 4.79 Å². The van der Waals surface area contributed by atoms with Crippen LogP contribution in [0.1, 0.15) is 23.3 Å². The second-order valence-corrected chi connectivity index (χ2v) is 8.27. The molecule has 0 spiro atoms. The van der Waals surface area contributed by atoms with Crippen LogP contribution in [0.4, 0.5) is 0 Å². The Kier molecular flexibility index (Phi) is 4.88. The summed E-state index contributed by atoms with van der Waals surface area (Å²) in [7, 11) is 0. The summed E-state index contributed by atoms with van der Waals surface area (Å²) in [4.78, 5) is 21.7. The molecule has 28 heavy (non-hydrogen) atoms. The standard InChI is InChI=1S/C21H23N3O3S/c25-21(24-9-7-23(8-10-24)13-16-5-3-11-26-16)17-14-28-20(22-17)19-12-15-4-1-2-6-18(15)27-19/h1-2,4,6,12,14,16H,3,5,7-11,13H2. The molecule has 1 aromatic carbocycles. The number of carbonyl (C=O) groups excluding carboxylic acids is 1. The van der Waals surface area contributed by atoms with Crippen LogP contribution in [0.15, 0.2) is 40.1 Å². The highest BCUT2D eigenvalue weighted by molar-refractivity contribution is 7.13. The van der Waals surface area contributed by atoms with Gasteiger partial charge in [-0.1, -0.05) is 18.2 Å². The molecule has 1 amide bonds. The van der Waals surface area contributed by atoms with Crippen molar-refractivity contribution < 1.29 is 13.9 Å². The summed E-state index contributed by atoms with van der Waals surface area (Å²) in [5.74, 6) is 0.724. The lowest BCUT2D eigenvalue weighted by atomic mass is 10.2. The largest absolute Gasteiger partial charge is 0.454 e. The number of fused-ring (bicyclic) bond motifs is 1. The fraction of sp³-hybridized carbons (Fsp3) is 0.429. The van der Waals surface area contributed by atoms with Crippen molar-refractivity contribution in [1.82, 2.24) is 14.8 Å². The first-order chi connectivity index (χ1) is 13.8. The molecule has 0 aliphatic carbocycles. The molecule has 6 nitrogen and oxygen atoms in total. The molecule has 2 aliphatic heterocycles. The maximum absolute atomic E-state index is 12.9. The Morgan fingerprint density at radius 1 is 1.21 bits per heavy atom. The van der Waals surface area contributed by atoms with E-state index in [1.54, 1.807) is 0 Å². The summed E-state index contributed by atoms with van der Waals surface area (Å²) >= 11 is 1.45. The summed E-state index contributed by atoms with van der Waals surface area (Å²) in [5, 5.41) is 3.63. The molecule has 2 saturated heterocycles. The van der Waals surface area contributed by atoms with Crippen LogP contribution in [0.3, 0.4) is 0 Å². The molecule has 1 unspecified atom stereocenters. The number of aromatic nitrogens is 1. The van der Waals surface area contributed by atoms with Crippen LogP contribution in [-0.4, -0.2) is 66.1 Å². The predicted octanol–water partition coefficient (Wildman–Crippen LogP) is 3.49. The molecule has 4 heterocycles. The average molecular weight is 398 g/mol. The molecule has 146 valence electrons. The first-order valence-corrected chi connectivity index (χ1v) is 10.7. The van der Waals surface area contributed by atoms with Gasteiger partial charge in [0.25, 0.3) is 5.91 Å². The number of para-hydroxylation sites is 1. The van der Waals surface area contributed by atoms with Crippen molar-refractivity contribution in [2.45, 2.75) is 18.9 Å². The molecule has 5 rings (SSSR count). The van der Waals surface area contributed by atoms with Crippen molar-refractivity contribution in [1.29, 1.82) is 0 Å². The molecule has 2 aliphatic rings. The molecule has 0 N–H and O–H groups in total. The molecule has 3 aromatic rings. The second kappa shape index (κ2) is 7.66. The van der Waals surface area contributed by atoms with Crippen LogP contribution >= 0.6 is 11.3 Å². The van der Waals surface area contributed by atoms with E-state index in [1.807, 2.05) is 40.6 Å². The second-order valence-electron chi connectivity index (χ2n) is 7.41. The van der Waals surface area contributed by atoms with E-state index < -0.39 is 0 Å². The number of hydrogen-bond donors (Lipinski definition) is 0. The highest BCUT2D eigenvalue weighted by atomic mass is 32.1. The van der Waals surface area contributed by atoms with Gasteiger partial charge in [0.05, 0.1) is 6.10 Å². The Hall–Kier alpha value is -2.22. The van der Waals surface area contributed by atoms with Crippen molar-refractivity contribution in [3.63, 3.8) is 0 Å². The van der Waals surface area contributed by atoms with E-state index in [-0.39, 0.29) is 5.91 Å². The fourth-order valence-corrected chi connectivity index (χ4v) is 4.69. The monoisotopic (exact) mass is 397 g/mol. The van der Waals surface area contributed by atoms with E-state index in [0.717, 1.165) is 61.7 Å². The lowest BCUT2D eigenvalue weighted by Crippen LogP contribution is -2.50. The molecule has 0 bridgehead atoms. The lowest BCUT2D eigenvalue weighted by Gasteiger charge is -2.35. The summed E-state index contributed by atoms with van der Waals surface area (Å²) in [6, 6.07) is 9.86. The van der Waals surface area contributed by atoms with Crippen molar-refractivity contribution >= 4 is 28.2 Å². The molecule has 0 saturated carbocycles. The first-order valence-electron chi connectivity index (χ1n) is 9.84. The third-order valence-electron chi connectivity index (χ3n) is 5.50. The number of benzene rings is 1. The molecule has 0 radical (unpaired) electrons. The topological polar surface area (TPSA) is 58.8 Å². The molecular weight excluding hydrogens is 374 g/mol. The molecule has 1 atom stereocenters. The third kappa shape index (κ3) is 3.57. The summed E-state index contributed by atoms with van der Waals surface area (Å²) in [6.45, 7) is 5.14. The fourth-order valence-electron chi connectivity index (χ4n) is 3.94. The van der Waals surface area contributed by atoms with Crippen molar-refractivity contribution in [2.75, 3.05) is 39.3 Å². The summed E-state index contributed by atoms with van der Waals surface area (Å²) < 4.78 is 11.6. The SMILES string of the molecule is O=C(c1csc(-c2cc3ccccc3o2)n1)N1CCN(CC2CCCO2)CC1. The highest BCUT2D eigenvalue weighted by Gasteiger charge is 2.26. The van der Waals surface area contributed by atoms with Gasteiger partial charge in [-0.25, -0.2) is 4.98 Å². The van der Waals surface area contributed by atoms with E-state index in [2.05, 4.69) is 9.88 Å². The maximum Gasteiger partial charge on any atom is 0.273 e. The van der Waals surface area contributed by atoms with Crippen LogP contribution in [0.2, 0.25) is 0 Å². The van der Waals surface area contributed by atoms with Crippen LogP contribution in [0, 0.1) is 0 Å². The van der Waals surface area contributed by atoms with Gasteiger partial charge >= 0.3 is 0 Å². The van der Waals surface area contributed by atoms with Gasteiger partial charge in [-0.05, 0) is 25.0 Å². The van der Waals surface area contributed by atoms with Gasteiger partial charge in [0.1, 0.15) is 11.3 Å². The van der Waals surface area contributed by atoms with Crippen LogP contribution < -0.4 is 0 Å². The van der Waals surface area contributed by atoms with Gasteiger partial charge in [-0.2, -0.15) is 0 Å². The Morgan fingerprint density at radius 2 is 2.07 bits per heavy atom. The highest BCUT2D eigenvalue weighted by Crippen LogP contribution is 2.30. The number of thiazole rings is 1. The zero-order chi connectivity index (χ0) is 18.9. The zero-order valence-electron chi connectivity index (χ0n) is 15.7. The molecular formula is C21H23N3O3S. The predicted molar refractivity (Wildman–Crippen MR) is 109 cm³/mol. The molecule has 2 aromatic heterocycles. The van der Waals surface area contributed by atoms with Gasteiger partial charge in [-0.15, -0.1) is 11.3 Å². The van der Waals surface area contributed by atoms with Crippen LogP contribution in [-0.2, 0) is 4.74 Å². The quantitative estimate of drug-likeness (QED) is 0.674. The number of rotatable bonds is 4. The van der Waals surface area contributed by atoms with Crippen LogP contribution in [0.5, 0.6) is 0 Å². The lowest BCUT2D eigenvalue weighted by molar-refractivity contribution is 0.0430. The van der Waals surface area contributed by atoms with Crippen molar-refractivity contribution in [3.05, 3.63) is 41.4 Å². The number of nitrogens with zero attached hydrogens (tertiary/aromatic N) is 3. The number of hydrogen-bond acceptors (Lipinski definition) is 6. The number of carbonyl (C=O) groups is 1. The van der Waals surface area contributed by atoms with E-state index in [1.165, 1.54) is 17.8 Å². The Labute approximate surface area is 167 Å². The van der Waals surface area contributed by atoms with Gasteiger partial charge in [0.15, 0.2) is 10.8 Å². The summed E-state index contributed by atoms with van der Waals surface area (Å²) in [6.07, 6.45) is 2.69. The summed E-state index contributed by atoms with van der Waals surface area (Å²) in [5.41, 5.74) is 1.34. The van der Waals surface area contributed by atoms with E-state index in [4.69, 9.17) is 9.15 Å². The number of piperazine rings is 1. The average Bonchev–Trinajstić information content (AvgIpc) is 3.47. The van der Waals surface area contributed by atoms with Crippen molar-refractivity contribution in [3.8, 4) is 10.8 Å². The molecule has 2 fully saturated rings. The normalized spacial score (nSPS) is 20.9. The Bertz CT molecular complexity index is 935. The number of amides is 1. The third-order valence-corrected chi connectivity index (χ3v) is 6.36. The van der Waals surface area contributed by atoms with Crippen molar-refractivity contribution in [2.24, 2.45) is 0 Å². The Morgan fingerprint density at radius 3 is 2.86 bits per heavy atom. The van der Waals surface area contributed by atoms with Gasteiger partial charge in [0, 0.05) is 50.1 Å². The number of furan rings is 1. The van der Waals surface area contributed by atoms with Gasteiger partial charge in [0.2, 0.25) is 0 Å². The van der Waals surface area contributed by atoms with Crippen LogP contribution in [0.25, 0.3) is 21.7 Å². The number of ether oxygens (including phenoxy) is 1. The van der Waals surface area contributed by atoms with Gasteiger partial charge in [-0.3, -0.25) is 9.69 Å². The zero-order valence-corrected chi connectivity index (χ0v) is 16.5. The minimum Gasteiger partial charge on any atom is -0.454 e. The molecule has 7 heteroatoms. The maximum atomic E-state index is 12.9. The first kappa shape index (κ1) is 17.8. The van der Waals surface area contributed by atoms with E-state index >= 15 is 0 Å². The smallest absolute Gasteiger partial charge is 0.273 e. The van der Waals surface area contributed by atoms with E-state index in [0.29, 0.717) is 17.6 Å². The minimum absolute atomic E-state index is 0.00961. The Balaban J connectivity index is 1.23.